The lowest BCUT2D eigenvalue weighted by molar-refractivity contribution is 0.0937. The van der Waals surface area contributed by atoms with Crippen LogP contribution in [-0.4, -0.2) is 32.7 Å². The van der Waals surface area contributed by atoms with Crippen LogP contribution in [0.2, 0.25) is 0 Å². The highest BCUT2D eigenvalue weighted by Crippen LogP contribution is 2.28. The molecular weight excluding hydrogens is 408 g/mol. The minimum atomic E-state index is -3.47. The second-order valence-corrected chi connectivity index (χ2v) is 8.90. The molecule has 0 aliphatic rings. The fraction of sp³-hybridized carbons (Fsp3) is 0.353. The zero-order valence-corrected chi connectivity index (χ0v) is 17.2. The lowest BCUT2D eigenvalue weighted by atomic mass is 10.1. The number of hydrogen-bond acceptors (Lipinski definition) is 4. The van der Waals surface area contributed by atoms with E-state index in [2.05, 4.69) is 21.2 Å². The molecule has 6 nitrogen and oxygen atoms in total. The SMILES string of the molecule is Cc1oc(C)c(C(=O)NC(C)c2ccc(S(=O)(=O)N(C)C)cc2)c1Br. The van der Waals surface area contributed by atoms with Crippen LogP contribution >= 0.6 is 15.9 Å². The molecule has 1 aromatic carbocycles. The van der Waals surface area contributed by atoms with Gasteiger partial charge in [-0.15, -0.1) is 0 Å². The number of carbonyl (C=O) groups excluding carboxylic acids is 1. The van der Waals surface area contributed by atoms with Crippen LogP contribution in [0.1, 0.15) is 40.4 Å². The summed E-state index contributed by atoms with van der Waals surface area (Å²) in [7, 11) is -0.496. The maximum atomic E-state index is 12.5. The Labute approximate surface area is 156 Å². The largest absolute Gasteiger partial charge is 0.465 e. The number of aryl methyl sites for hydroxylation is 2. The fourth-order valence-corrected chi connectivity index (χ4v) is 3.85. The molecule has 8 heteroatoms. The summed E-state index contributed by atoms with van der Waals surface area (Å²) in [5.74, 6) is 0.939. The van der Waals surface area contributed by atoms with Crippen LogP contribution < -0.4 is 5.32 Å². The molecule has 136 valence electrons. The van der Waals surface area contributed by atoms with Crippen LogP contribution in [0.15, 0.2) is 38.1 Å². The van der Waals surface area contributed by atoms with E-state index in [1.807, 2.05) is 6.92 Å². The van der Waals surface area contributed by atoms with Gasteiger partial charge in [-0.1, -0.05) is 12.1 Å². The molecule has 2 rings (SSSR count). The van der Waals surface area contributed by atoms with E-state index in [1.54, 1.807) is 26.0 Å². The highest BCUT2D eigenvalue weighted by atomic mass is 79.9. The van der Waals surface area contributed by atoms with Gasteiger partial charge in [-0.3, -0.25) is 4.79 Å². The van der Waals surface area contributed by atoms with Crippen LogP contribution in [0.4, 0.5) is 0 Å². The van der Waals surface area contributed by atoms with Gasteiger partial charge in [0.25, 0.3) is 5.91 Å². The molecule has 1 atom stereocenters. The Morgan fingerprint density at radius 2 is 1.72 bits per heavy atom. The predicted molar refractivity (Wildman–Crippen MR) is 99.1 cm³/mol. The van der Waals surface area contributed by atoms with Crippen molar-refractivity contribution in [3.63, 3.8) is 0 Å². The minimum Gasteiger partial charge on any atom is -0.465 e. The van der Waals surface area contributed by atoms with E-state index < -0.39 is 10.0 Å². The van der Waals surface area contributed by atoms with Crippen molar-refractivity contribution in [2.24, 2.45) is 0 Å². The maximum absolute atomic E-state index is 12.5. The number of amides is 1. The summed E-state index contributed by atoms with van der Waals surface area (Å²) in [5, 5.41) is 2.90. The molecule has 0 saturated heterocycles. The van der Waals surface area contributed by atoms with E-state index in [0.29, 0.717) is 21.6 Å². The number of nitrogens with zero attached hydrogens (tertiary/aromatic N) is 1. The van der Waals surface area contributed by atoms with Crippen molar-refractivity contribution in [3.05, 3.63) is 51.4 Å². The molecule has 0 bridgehead atoms. The Morgan fingerprint density at radius 3 is 2.16 bits per heavy atom. The van der Waals surface area contributed by atoms with E-state index in [9.17, 15) is 13.2 Å². The standard InChI is InChI=1S/C17H21BrN2O4S/c1-10(19-17(21)15-11(2)24-12(3)16(15)18)13-6-8-14(9-7-13)25(22,23)20(4)5/h6-10H,1-5H3,(H,19,21). The third-order valence-corrected chi connectivity index (χ3v) is 6.70. The van der Waals surface area contributed by atoms with Gasteiger partial charge in [0.1, 0.15) is 11.5 Å². The normalized spacial score (nSPS) is 13.1. The molecule has 1 N–H and O–H groups in total. The first-order valence-electron chi connectivity index (χ1n) is 7.64. The van der Waals surface area contributed by atoms with Gasteiger partial charge in [0.05, 0.1) is 21.0 Å². The quantitative estimate of drug-likeness (QED) is 0.790. The molecule has 1 heterocycles. The van der Waals surface area contributed by atoms with Gasteiger partial charge in [-0.25, -0.2) is 12.7 Å². The van der Waals surface area contributed by atoms with Crippen LogP contribution in [0.3, 0.4) is 0 Å². The van der Waals surface area contributed by atoms with E-state index >= 15 is 0 Å². The van der Waals surface area contributed by atoms with Crippen molar-refractivity contribution in [2.75, 3.05) is 14.1 Å². The molecule has 1 amide bonds. The van der Waals surface area contributed by atoms with Crippen molar-refractivity contribution in [3.8, 4) is 0 Å². The predicted octanol–water partition coefficient (Wildman–Crippen LogP) is 3.40. The molecule has 0 saturated carbocycles. The second-order valence-electron chi connectivity index (χ2n) is 5.96. The lowest BCUT2D eigenvalue weighted by Crippen LogP contribution is -2.27. The Hall–Kier alpha value is -1.64. The smallest absolute Gasteiger partial charge is 0.256 e. The number of nitrogens with one attached hydrogen (secondary N) is 1. The number of furan rings is 1. The maximum Gasteiger partial charge on any atom is 0.256 e. The third-order valence-electron chi connectivity index (χ3n) is 3.92. The average molecular weight is 429 g/mol. The molecule has 0 fully saturated rings. The number of benzene rings is 1. The molecule has 2 aromatic rings. The number of hydrogen-bond donors (Lipinski definition) is 1. The molecular formula is C17H21BrN2O4S. The molecule has 1 aromatic heterocycles. The summed E-state index contributed by atoms with van der Waals surface area (Å²) in [6.45, 7) is 5.35. The summed E-state index contributed by atoms with van der Waals surface area (Å²) >= 11 is 3.37. The summed E-state index contributed by atoms with van der Waals surface area (Å²) in [5.41, 5.74) is 1.27. The van der Waals surface area contributed by atoms with Crippen LogP contribution in [0.5, 0.6) is 0 Å². The molecule has 0 spiro atoms. The van der Waals surface area contributed by atoms with Gasteiger partial charge in [-0.2, -0.15) is 0 Å². The highest BCUT2D eigenvalue weighted by molar-refractivity contribution is 9.10. The summed E-state index contributed by atoms with van der Waals surface area (Å²) in [6.07, 6.45) is 0. The monoisotopic (exact) mass is 428 g/mol. The number of carbonyl (C=O) groups is 1. The van der Waals surface area contributed by atoms with Gasteiger partial charge < -0.3 is 9.73 Å². The second kappa shape index (κ2) is 7.31. The molecule has 1 unspecified atom stereocenters. The fourth-order valence-electron chi connectivity index (χ4n) is 2.41. The van der Waals surface area contributed by atoms with E-state index in [1.165, 1.54) is 26.2 Å². The van der Waals surface area contributed by atoms with Gasteiger partial charge in [0.15, 0.2) is 0 Å². The van der Waals surface area contributed by atoms with E-state index in [0.717, 1.165) is 9.87 Å². The average Bonchev–Trinajstić information content (AvgIpc) is 2.79. The first-order chi connectivity index (χ1) is 11.6. The van der Waals surface area contributed by atoms with Gasteiger partial charge >= 0.3 is 0 Å². The summed E-state index contributed by atoms with van der Waals surface area (Å²) in [4.78, 5) is 12.7. The van der Waals surface area contributed by atoms with Crippen molar-refractivity contribution in [1.29, 1.82) is 0 Å². The molecule has 25 heavy (non-hydrogen) atoms. The topological polar surface area (TPSA) is 79.6 Å². The molecule has 0 aliphatic heterocycles. The molecule has 0 aliphatic carbocycles. The Kier molecular flexibility index (Phi) is 5.75. The number of sulfonamides is 1. The minimum absolute atomic E-state index is 0.212. The van der Waals surface area contributed by atoms with Crippen LogP contribution in [0, 0.1) is 13.8 Å². The van der Waals surface area contributed by atoms with Gasteiger partial charge in [0.2, 0.25) is 10.0 Å². The van der Waals surface area contributed by atoms with Crippen LogP contribution in [-0.2, 0) is 10.0 Å². The molecule has 0 radical (unpaired) electrons. The summed E-state index contributed by atoms with van der Waals surface area (Å²) < 4.78 is 31.4. The Bertz CT molecular complexity index is 886. The lowest BCUT2D eigenvalue weighted by Gasteiger charge is -2.16. The van der Waals surface area contributed by atoms with E-state index in [-0.39, 0.29) is 16.8 Å². The van der Waals surface area contributed by atoms with Crippen molar-refractivity contribution in [2.45, 2.75) is 31.7 Å². The zero-order valence-electron chi connectivity index (χ0n) is 14.8. The zero-order chi connectivity index (χ0) is 18.9. The first kappa shape index (κ1) is 19.7. The van der Waals surface area contributed by atoms with Crippen LogP contribution in [0.25, 0.3) is 0 Å². The number of rotatable bonds is 5. The van der Waals surface area contributed by atoms with Gasteiger partial charge in [0, 0.05) is 14.1 Å². The highest BCUT2D eigenvalue weighted by Gasteiger charge is 2.22. The van der Waals surface area contributed by atoms with Gasteiger partial charge in [-0.05, 0) is 54.4 Å². The first-order valence-corrected chi connectivity index (χ1v) is 9.87. The summed E-state index contributed by atoms with van der Waals surface area (Å²) in [6, 6.07) is 6.19. The third kappa shape index (κ3) is 3.96. The van der Waals surface area contributed by atoms with Crippen molar-refractivity contribution in [1.82, 2.24) is 9.62 Å². The van der Waals surface area contributed by atoms with E-state index in [4.69, 9.17) is 4.42 Å². The number of halogens is 1. The Balaban J connectivity index is 2.19. The van der Waals surface area contributed by atoms with Crippen molar-refractivity contribution < 1.29 is 17.6 Å². The Morgan fingerprint density at radius 1 is 1.16 bits per heavy atom. The van der Waals surface area contributed by atoms with Crippen molar-refractivity contribution >= 4 is 31.9 Å².